The standard InChI is InChI=1S/C43H29N3/c1-4-16-34-31(12-1)32-13-2-5-17-35(32)43(34)36-18-6-3-14-33(36)40-30(15-11-19-37(40)43)28-22-24-29(25-23-28)42-41(38-20-7-9-26-44-38)45-39-21-8-10-27-46(39)42/h1-27,33,36H. The van der Waals surface area contributed by atoms with Crippen molar-refractivity contribution < 1.29 is 0 Å². The molecule has 3 heteroatoms. The van der Waals surface area contributed by atoms with Crippen LogP contribution in [0.2, 0.25) is 0 Å². The smallest absolute Gasteiger partial charge is 0.138 e. The van der Waals surface area contributed by atoms with E-state index in [1.807, 2.05) is 30.5 Å². The lowest BCUT2D eigenvalue weighted by Crippen LogP contribution is -2.32. The van der Waals surface area contributed by atoms with E-state index < -0.39 is 0 Å². The SMILES string of the molecule is C1=CC2c3c(-c4ccc(-c5c(-c6ccccn6)nc6ccccn56)cc4)cccc3C3(c4ccccc4-c4ccccc43)C2C=C1. The van der Waals surface area contributed by atoms with Crippen LogP contribution in [0.5, 0.6) is 0 Å². The molecule has 2 atom stereocenters. The van der Waals surface area contributed by atoms with Gasteiger partial charge in [0.05, 0.1) is 16.8 Å². The lowest BCUT2D eigenvalue weighted by atomic mass is 9.65. The molecule has 0 saturated heterocycles. The Hall–Kier alpha value is -5.80. The minimum Gasteiger partial charge on any atom is -0.299 e. The van der Waals surface area contributed by atoms with Crippen LogP contribution in [-0.2, 0) is 5.41 Å². The highest BCUT2D eigenvalue weighted by atomic mass is 15.0. The molecule has 0 fully saturated rings. The third kappa shape index (κ3) is 3.32. The molecule has 1 spiro atoms. The van der Waals surface area contributed by atoms with Crippen LogP contribution < -0.4 is 0 Å². The van der Waals surface area contributed by atoms with Crippen molar-refractivity contribution in [3.63, 3.8) is 0 Å². The van der Waals surface area contributed by atoms with Gasteiger partial charge in [0.1, 0.15) is 11.3 Å². The van der Waals surface area contributed by atoms with Crippen LogP contribution in [0.25, 0.3) is 50.5 Å². The van der Waals surface area contributed by atoms with Gasteiger partial charge in [0.2, 0.25) is 0 Å². The quantitative estimate of drug-likeness (QED) is 0.206. The zero-order valence-corrected chi connectivity index (χ0v) is 25.1. The predicted molar refractivity (Wildman–Crippen MR) is 186 cm³/mol. The lowest BCUT2D eigenvalue weighted by molar-refractivity contribution is 0.465. The maximum absolute atomic E-state index is 5.00. The van der Waals surface area contributed by atoms with Crippen LogP contribution in [0.3, 0.4) is 0 Å². The Morgan fingerprint density at radius 2 is 1.24 bits per heavy atom. The fourth-order valence-corrected chi connectivity index (χ4v) is 8.67. The maximum atomic E-state index is 5.00. The topological polar surface area (TPSA) is 30.2 Å². The predicted octanol–water partition coefficient (Wildman–Crippen LogP) is 9.88. The number of pyridine rings is 2. The number of rotatable bonds is 3. The normalized spacial score (nSPS) is 18.0. The van der Waals surface area contributed by atoms with E-state index in [1.54, 1.807) is 0 Å². The first kappa shape index (κ1) is 25.5. The van der Waals surface area contributed by atoms with E-state index in [-0.39, 0.29) is 11.3 Å². The zero-order chi connectivity index (χ0) is 30.2. The second-order valence-electron chi connectivity index (χ2n) is 12.5. The first-order valence-electron chi connectivity index (χ1n) is 16.0. The van der Waals surface area contributed by atoms with E-state index >= 15 is 0 Å². The summed E-state index contributed by atoms with van der Waals surface area (Å²) >= 11 is 0. The van der Waals surface area contributed by atoms with Gasteiger partial charge in [0, 0.05) is 29.8 Å². The van der Waals surface area contributed by atoms with Crippen LogP contribution in [0, 0.1) is 5.92 Å². The zero-order valence-electron chi connectivity index (χ0n) is 25.1. The molecule has 0 radical (unpaired) electrons. The Morgan fingerprint density at radius 1 is 0.565 bits per heavy atom. The number of aromatic nitrogens is 3. The van der Waals surface area contributed by atoms with Crippen LogP contribution >= 0.6 is 0 Å². The molecule has 2 unspecified atom stereocenters. The Bertz CT molecular complexity index is 2330. The fraction of sp³-hybridized carbons (Fsp3) is 0.0698. The molecule has 0 saturated carbocycles. The summed E-state index contributed by atoms with van der Waals surface area (Å²) in [5.41, 5.74) is 15.6. The van der Waals surface area contributed by atoms with Gasteiger partial charge in [-0.05, 0) is 68.8 Å². The first-order valence-corrected chi connectivity index (χ1v) is 16.0. The molecule has 3 aromatic heterocycles. The summed E-state index contributed by atoms with van der Waals surface area (Å²) in [6.07, 6.45) is 13.3. The minimum atomic E-state index is -0.224. The largest absolute Gasteiger partial charge is 0.299 e. The highest BCUT2D eigenvalue weighted by molar-refractivity contribution is 5.88. The van der Waals surface area contributed by atoms with Crippen molar-refractivity contribution in [1.29, 1.82) is 0 Å². The van der Waals surface area contributed by atoms with Gasteiger partial charge in [-0.2, -0.15) is 0 Å². The molecule has 3 nitrogen and oxygen atoms in total. The summed E-state index contributed by atoms with van der Waals surface area (Å²) in [7, 11) is 0. The second kappa shape index (κ2) is 9.60. The van der Waals surface area contributed by atoms with Crippen molar-refractivity contribution >= 4 is 5.65 Å². The molecule has 3 aliphatic rings. The monoisotopic (exact) mass is 587 g/mol. The Morgan fingerprint density at radius 3 is 2.02 bits per heavy atom. The number of allylic oxidation sites excluding steroid dienone is 4. The van der Waals surface area contributed by atoms with Gasteiger partial charge in [-0.3, -0.25) is 9.38 Å². The molecule has 3 heterocycles. The molecule has 0 bridgehead atoms. The molecule has 0 N–H and O–H groups in total. The summed E-state index contributed by atoms with van der Waals surface area (Å²) in [5, 5.41) is 0. The van der Waals surface area contributed by atoms with E-state index in [0.29, 0.717) is 5.92 Å². The van der Waals surface area contributed by atoms with E-state index in [1.165, 1.54) is 44.5 Å². The molecule has 46 heavy (non-hydrogen) atoms. The highest BCUT2D eigenvalue weighted by Gasteiger charge is 2.57. The van der Waals surface area contributed by atoms with Crippen molar-refractivity contribution in [3.8, 4) is 44.9 Å². The number of benzene rings is 4. The van der Waals surface area contributed by atoms with Gasteiger partial charge >= 0.3 is 0 Å². The molecule has 0 aliphatic heterocycles. The summed E-state index contributed by atoms with van der Waals surface area (Å²) in [4.78, 5) is 9.65. The lowest BCUT2D eigenvalue weighted by Gasteiger charge is -2.36. The number of hydrogen-bond donors (Lipinski definition) is 0. The van der Waals surface area contributed by atoms with Crippen molar-refractivity contribution in [2.24, 2.45) is 5.92 Å². The number of imidazole rings is 1. The molecule has 216 valence electrons. The summed E-state index contributed by atoms with van der Waals surface area (Å²) in [6, 6.07) is 46.3. The average molecular weight is 588 g/mol. The summed E-state index contributed by atoms with van der Waals surface area (Å²) < 4.78 is 2.17. The molecule has 3 aliphatic carbocycles. The van der Waals surface area contributed by atoms with Gasteiger partial charge in [0.25, 0.3) is 0 Å². The van der Waals surface area contributed by atoms with Crippen molar-refractivity contribution in [2.75, 3.05) is 0 Å². The maximum Gasteiger partial charge on any atom is 0.138 e. The van der Waals surface area contributed by atoms with Crippen molar-refractivity contribution in [3.05, 3.63) is 186 Å². The van der Waals surface area contributed by atoms with Crippen LogP contribution in [0.1, 0.15) is 28.2 Å². The van der Waals surface area contributed by atoms with Crippen molar-refractivity contribution in [1.82, 2.24) is 14.4 Å². The van der Waals surface area contributed by atoms with Crippen molar-refractivity contribution in [2.45, 2.75) is 11.3 Å². The van der Waals surface area contributed by atoms with E-state index in [9.17, 15) is 0 Å². The Labute approximate surface area is 267 Å². The Balaban J connectivity index is 1.16. The number of fused-ring (bicyclic) bond motifs is 11. The van der Waals surface area contributed by atoms with Crippen LogP contribution in [-0.4, -0.2) is 14.4 Å². The second-order valence-corrected chi connectivity index (χ2v) is 12.5. The average Bonchev–Trinajstić information content (AvgIpc) is 3.77. The van der Waals surface area contributed by atoms with Crippen LogP contribution in [0.15, 0.2) is 164 Å². The molecule has 4 aromatic carbocycles. The first-order chi connectivity index (χ1) is 22.8. The van der Waals surface area contributed by atoms with Gasteiger partial charge in [-0.1, -0.05) is 127 Å². The molecular formula is C43H29N3. The summed E-state index contributed by atoms with van der Waals surface area (Å²) in [6.45, 7) is 0. The van der Waals surface area contributed by atoms with Gasteiger partial charge < -0.3 is 0 Å². The van der Waals surface area contributed by atoms with Gasteiger partial charge in [-0.15, -0.1) is 0 Å². The Kier molecular flexibility index (Phi) is 5.32. The van der Waals surface area contributed by atoms with E-state index in [4.69, 9.17) is 4.98 Å². The minimum absolute atomic E-state index is 0.224. The third-order valence-corrected chi connectivity index (χ3v) is 10.4. The molecule has 10 rings (SSSR count). The number of nitrogens with zero attached hydrogens (tertiary/aromatic N) is 3. The van der Waals surface area contributed by atoms with E-state index in [0.717, 1.165) is 28.3 Å². The van der Waals surface area contributed by atoms with Gasteiger partial charge in [-0.25, -0.2) is 4.98 Å². The van der Waals surface area contributed by atoms with E-state index in [2.05, 4.69) is 143 Å². The number of hydrogen-bond acceptors (Lipinski definition) is 2. The highest BCUT2D eigenvalue weighted by Crippen LogP contribution is 2.66. The molecular weight excluding hydrogens is 558 g/mol. The van der Waals surface area contributed by atoms with Crippen LogP contribution in [0.4, 0.5) is 0 Å². The molecule has 7 aromatic rings. The molecule has 0 amide bonds. The fourth-order valence-electron chi connectivity index (χ4n) is 8.67. The van der Waals surface area contributed by atoms with Gasteiger partial charge in [0.15, 0.2) is 0 Å². The summed E-state index contributed by atoms with van der Waals surface area (Å²) in [5.74, 6) is 0.585. The third-order valence-electron chi connectivity index (χ3n) is 10.4.